The number of ketones is 3. The minimum Gasteiger partial charge on any atom is -0.469 e. The Hall–Kier alpha value is -10.6. The number of methoxy groups -OCH3 is 3. The number of unbranched alkanes of at least 4 members (excludes halogenated alkanes) is 2. The molecule has 0 radical (unpaired) electrons. The number of esters is 4. The molecule has 2 amide bonds. The number of Topliss-reactive ketones (excluding diaryl/α,β-unsaturated/α-hetero) is 3. The van der Waals surface area contributed by atoms with Gasteiger partial charge in [-0.1, -0.05) is 152 Å². The van der Waals surface area contributed by atoms with Crippen molar-refractivity contribution in [3.8, 4) is 0 Å². The first-order valence-electron chi connectivity index (χ1n) is 36.5. The van der Waals surface area contributed by atoms with E-state index in [1.54, 1.807) is 0 Å². The monoisotopic (exact) mass is 1550 g/mol. The summed E-state index contributed by atoms with van der Waals surface area (Å²) in [7, 11) is 1.66. The summed E-state index contributed by atoms with van der Waals surface area (Å²) in [5, 5.41) is 58.0. The lowest BCUT2D eigenvalue weighted by atomic mass is 9.84. The van der Waals surface area contributed by atoms with Crippen LogP contribution in [0.1, 0.15) is 150 Å². The maximum atomic E-state index is 11.8. The van der Waals surface area contributed by atoms with Crippen LogP contribution in [0, 0.1) is 10.7 Å². The molecule has 588 valence electrons. The van der Waals surface area contributed by atoms with E-state index in [9.17, 15) is 47.4 Å². The summed E-state index contributed by atoms with van der Waals surface area (Å²) in [6.45, 7) is 3.19. The summed E-state index contributed by atoms with van der Waals surface area (Å²) in [6.07, 6.45) is 12.1. The molecule has 0 aromatic heterocycles. The number of hydrogen-bond acceptors (Lipinski definition) is 30. The predicted molar refractivity (Wildman–Crippen MR) is 410 cm³/mol. The predicted octanol–water partition coefficient (Wildman–Crippen LogP) is 14.0. The highest BCUT2D eigenvalue weighted by Gasteiger charge is 2.39. The standard InChI is InChI=1S/C21H18N2S.C16H21N3O3.C14H16N2O3.C8H12N2O3.C7H13N3O.C7H10N2O3.C4H9N3OS/c1-4-10-17(11-5-1)21(24-16-20-22-23-20,18-12-6-2-7-13-18)19-14-8-3-9-15-19;20-15(17-11-5-4-8-14-18-19-14)9-10-16(21)22-12-13-6-2-1-3-7-13;1-19-14(18)11(7-10-5-3-2-4-6-10)8-12(17)9-13-15-16-13;1-13-8(12)5-3-6(11)2-4-7-9-10-7;1-6(11)8-5-3-2-4-7-9-10-7;1-12-7(11)3-2-5(10)4-6-8-9-6;1-9(5,8)3-2-4-6-7-4/h1-15,20H,16H2;1-3,6-7,14H,4-5,8-12H2,(H,17,20);2-6,11,13H,7-9H2,1H3;7H,2-5H2,1H3;7H,2-5H2,1H3,(H,8,11);6H,2-4H2,1H3;4-5H,2-3H2,1H3/t;;11-;;;;/m..1..../s1. The summed E-state index contributed by atoms with van der Waals surface area (Å²) < 4.78 is 36.1. The summed E-state index contributed by atoms with van der Waals surface area (Å²) in [4.78, 5) is 100. The molecule has 0 aliphatic carbocycles. The summed E-state index contributed by atoms with van der Waals surface area (Å²) in [5.41, 5.74) is 5.81. The fraction of sp³-hybridized carbons (Fsp3) is 0.494. The van der Waals surface area contributed by atoms with Gasteiger partial charge in [0.2, 0.25) is 11.8 Å². The topological polar surface area (TPSA) is 429 Å². The van der Waals surface area contributed by atoms with E-state index in [-0.39, 0.29) is 153 Å². The van der Waals surface area contributed by atoms with Crippen LogP contribution in [0.3, 0.4) is 0 Å². The van der Waals surface area contributed by atoms with E-state index in [1.165, 1.54) is 51.2 Å². The third-order valence-corrected chi connectivity index (χ3v) is 19.1. The van der Waals surface area contributed by atoms with E-state index < -0.39 is 15.6 Å². The molecule has 7 heterocycles. The Morgan fingerprint density at radius 1 is 0.445 bits per heavy atom. The van der Waals surface area contributed by atoms with E-state index in [4.69, 9.17) is 14.3 Å². The van der Waals surface area contributed by atoms with Crippen molar-refractivity contribution in [3.05, 3.63) is 179 Å². The molecule has 5 aromatic carbocycles. The Morgan fingerprint density at radius 2 is 0.845 bits per heavy atom. The molecular formula is C77H99N17O14S2. The van der Waals surface area contributed by atoms with Crippen molar-refractivity contribution in [3.63, 3.8) is 0 Å². The molecule has 5 aromatic rings. The Labute approximate surface area is 645 Å². The molecule has 2 atom stereocenters. The SMILES string of the molecule is CC(=O)NCCCCC1N=N1.COC(=O)CCC(=O)CC1N=N1.COC(=O)CCC(=O)CCC1N=N1.COC(=O)[C@@H](CC(=O)CC1N=N1)Cc1ccccc1.CS(=N)(=O)CCC1N=N1.O=C(CCC(=O)OCc1ccccc1)NCCCCC1N=N1.c1ccc(C(SCC2N=N2)(c2ccccc2)c2ccccc2)cc1. The number of benzene rings is 5. The van der Waals surface area contributed by atoms with Crippen molar-refractivity contribution in [1.82, 2.24) is 10.6 Å². The lowest BCUT2D eigenvalue weighted by Crippen LogP contribution is -2.26. The second-order valence-electron chi connectivity index (χ2n) is 25.9. The van der Waals surface area contributed by atoms with Gasteiger partial charge in [0.25, 0.3) is 0 Å². The first kappa shape index (κ1) is 88.3. The van der Waals surface area contributed by atoms with Gasteiger partial charge in [-0.25, -0.2) is 0 Å². The molecule has 0 bridgehead atoms. The van der Waals surface area contributed by atoms with Gasteiger partial charge < -0.3 is 29.6 Å². The van der Waals surface area contributed by atoms with Gasteiger partial charge in [0.15, 0.2) is 43.2 Å². The molecule has 1 unspecified atom stereocenters. The molecule has 3 N–H and O–H groups in total. The number of hydrogen-bond donors (Lipinski definition) is 3. The normalized spacial score (nSPS) is 14.9. The molecule has 0 spiro atoms. The number of carbonyl (C=O) groups excluding carboxylic acids is 9. The highest BCUT2D eigenvalue weighted by atomic mass is 32.2. The number of nitrogens with zero attached hydrogens (tertiary/aromatic N) is 14. The Kier molecular flexibility index (Phi) is 39.7. The van der Waals surface area contributed by atoms with Crippen LogP contribution in [0.25, 0.3) is 0 Å². The molecule has 110 heavy (non-hydrogen) atoms. The number of carbonyl (C=O) groups is 9. The molecule has 33 heteroatoms. The third-order valence-electron chi connectivity index (χ3n) is 16.5. The highest BCUT2D eigenvalue weighted by molar-refractivity contribution is 8.00. The van der Waals surface area contributed by atoms with Gasteiger partial charge in [-0.05, 0) is 72.8 Å². The van der Waals surface area contributed by atoms with Crippen LogP contribution >= 0.6 is 11.8 Å². The van der Waals surface area contributed by atoms with Gasteiger partial charge in [-0.3, -0.25) is 52.1 Å². The van der Waals surface area contributed by atoms with E-state index in [2.05, 4.69) is 183 Å². The number of rotatable bonds is 42. The van der Waals surface area contributed by atoms with Crippen molar-refractivity contribution in [2.75, 3.05) is 52.2 Å². The third kappa shape index (κ3) is 41.7. The van der Waals surface area contributed by atoms with Crippen molar-refractivity contribution in [2.24, 2.45) is 77.5 Å². The Bertz CT molecular complexity index is 3910. The van der Waals surface area contributed by atoms with Crippen molar-refractivity contribution < 1.29 is 66.3 Å². The Balaban J connectivity index is 0.000000206. The quantitative estimate of drug-likeness (QED) is 0.0141. The molecule has 0 saturated heterocycles. The zero-order chi connectivity index (χ0) is 79.2. The summed E-state index contributed by atoms with van der Waals surface area (Å²) in [6, 6.07) is 51.3. The number of ether oxygens (including phenoxy) is 4. The van der Waals surface area contributed by atoms with E-state index >= 15 is 0 Å². The zero-order valence-electron chi connectivity index (χ0n) is 62.8. The lowest BCUT2D eigenvalue weighted by molar-refractivity contribution is -0.147. The maximum Gasteiger partial charge on any atom is 0.309 e. The lowest BCUT2D eigenvalue weighted by Gasteiger charge is -2.35. The molecule has 12 rings (SSSR count). The van der Waals surface area contributed by atoms with E-state index in [0.29, 0.717) is 50.8 Å². The first-order valence-corrected chi connectivity index (χ1v) is 39.6. The smallest absolute Gasteiger partial charge is 0.309 e. The van der Waals surface area contributed by atoms with E-state index in [0.717, 1.165) is 61.9 Å². The summed E-state index contributed by atoms with van der Waals surface area (Å²) >= 11 is 1.91. The minimum absolute atomic E-state index is 0.00123. The molecule has 0 saturated carbocycles. The number of thioether (sulfide) groups is 1. The van der Waals surface area contributed by atoms with Crippen LogP contribution in [0.4, 0.5) is 0 Å². The van der Waals surface area contributed by atoms with Crippen molar-refractivity contribution >= 4 is 74.5 Å². The number of amides is 2. The van der Waals surface area contributed by atoms with Crippen LogP contribution in [0.5, 0.6) is 0 Å². The van der Waals surface area contributed by atoms with Gasteiger partial charge in [-0.2, -0.15) is 71.6 Å². The zero-order valence-corrected chi connectivity index (χ0v) is 64.4. The molecule has 0 fully saturated rings. The molecule has 7 aliphatic heterocycles. The summed E-state index contributed by atoms with van der Waals surface area (Å²) in [5.74, 6) is -0.495. The number of nitrogens with one attached hydrogen (secondary N) is 3. The highest BCUT2D eigenvalue weighted by Crippen LogP contribution is 2.49. The largest absolute Gasteiger partial charge is 0.469 e. The first-order chi connectivity index (χ1) is 53.1. The van der Waals surface area contributed by atoms with Crippen LogP contribution < -0.4 is 10.6 Å². The van der Waals surface area contributed by atoms with Crippen LogP contribution in [-0.2, 0) is 89.6 Å². The van der Waals surface area contributed by atoms with Crippen LogP contribution in [0.2, 0.25) is 0 Å². The Morgan fingerprint density at radius 3 is 1.27 bits per heavy atom. The average Bonchev–Trinajstić information content (AvgIpc) is 1.71. The van der Waals surface area contributed by atoms with Gasteiger partial charge in [0, 0.05) is 92.4 Å². The fourth-order valence-electron chi connectivity index (χ4n) is 10.1. The van der Waals surface area contributed by atoms with Gasteiger partial charge in [0.1, 0.15) is 24.0 Å². The maximum absolute atomic E-state index is 11.8. The average molecular weight is 1550 g/mol. The molecule has 31 nitrogen and oxygen atoms in total. The minimum atomic E-state index is -2.30. The second-order valence-corrected chi connectivity index (χ2v) is 29.5. The van der Waals surface area contributed by atoms with Crippen LogP contribution in [-0.4, -0.2) is 153 Å². The van der Waals surface area contributed by atoms with E-state index in [1.807, 2.05) is 72.4 Å². The van der Waals surface area contributed by atoms with Gasteiger partial charge in [0.05, 0.1) is 64.1 Å². The second kappa shape index (κ2) is 49.5. The van der Waals surface area contributed by atoms with Crippen LogP contribution in [0.15, 0.2) is 223 Å². The molecular weight excluding hydrogens is 1450 g/mol. The van der Waals surface area contributed by atoms with Crippen molar-refractivity contribution in [1.29, 1.82) is 4.78 Å². The molecule has 7 aliphatic rings. The van der Waals surface area contributed by atoms with Gasteiger partial charge in [-0.15, -0.1) is 11.8 Å². The van der Waals surface area contributed by atoms with Gasteiger partial charge >= 0.3 is 23.9 Å². The fourth-order valence-corrected chi connectivity index (χ4v) is 12.2. The van der Waals surface area contributed by atoms with Crippen molar-refractivity contribution in [2.45, 2.75) is 183 Å².